The first-order chi connectivity index (χ1) is 9.84. The lowest BCUT2D eigenvalue weighted by molar-refractivity contribution is 0.0124. The number of ether oxygens (including phenoxy) is 3. The van der Waals surface area contributed by atoms with Crippen LogP contribution in [0.25, 0.3) is 0 Å². The van der Waals surface area contributed by atoms with Crippen LogP contribution >= 0.6 is 0 Å². The molecule has 1 fully saturated rings. The Morgan fingerprint density at radius 2 is 1.45 bits per heavy atom. The first-order valence-electron chi connectivity index (χ1n) is 8.33. The Balaban J connectivity index is 1.76. The van der Waals surface area contributed by atoms with Gasteiger partial charge in [-0.15, -0.1) is 0 Å². The molecule has 0 aromatic heterocycles. The van der Waals surface area contributed by atoms with Crippen LogP contribution in [0, 0.1) is 5.92 Å². The average molecular weight is 287 g/mol. The molecule has 1 unspecified atom stereocenters. The highest BCUT2D eigenvalue weighted by Crippen LogP contribution is 2.27. The summed E-state index contributed by atoms with van der Waals surface area (Å²) in [5.41, 5.74) is 6.17. The SMILES string of the molecule is CCCCOCCOCCOCCC(N)C1CCCC1. The van der Waals surface area contributed by atoms with Gasteiger partial charge in [0.05, 0.1) is 26.4 Å². The molecule has 0 aromatic rings. The highest BCUT2D eigenvalue weighted by molar-refractivity contribution is 4.77. The third-order valence-corrected chi connectivity index (χ3v) is 3.99. The van der Waals surface area contributed by atoms with Gasteiger partial charge in [-0.3, -0.25) is 0 Å². The normalized spacial score (nSPS) is 17.7. The van der Waals surface area contributed by atoms with E-state index in [1.165, 1.54) is 32.1 Å². The number of hydrogen-bond acceptors (Lipinski definition) is 4. The van der Waals surface area contributed by atoms with Gasteiger partial charge < -0.3 is 19.9 Å². The molecule has 0 aromatic carbocycles. The Morgan fingerprint density at radius 3 is 2.05 bits per heavy atom. The van der Waals surface area contributed by atoms with E-state index in [0.717, 1.165) is 32.0 Å². The summed E-state index contributed by atoms with van der Waals surface area (Å²) < 4.78 is 16.4. The van der Waals surface area contributed by atoms with Crippen molar-refractivity contribution in [3.8, 4) is 0 Å². The second kappa shape index (κ2) is 12.6. The third kappa shape index (κ3) is 8.90. The molecule has 0 spiro atoms. The molecule has 0 bridgehead atoms. The summed E-state index contributed by atoms with van der Waals surface area (Å²) in [4.78, 5) is 0. The predicted molar refractivity (Wildman–Crippen MR) is 81.9 cm³/mol. The van der Waals surface area contributed by atoms with E-state index in [2.05, 4.69) is 6.92 Å². The molecule has 0 aliphatic heterocycles. The Kier molecular flexibility index (Phi) is 11.2. The lowest BCUT2D eigenvalue weighted by Gasteiger charge is -2.18. The molecule has 4 nitrogen and oxygen atoms in total. The maximum Gasteiger partial charge on any atom is 0.0701 e. The minimum atomic E-state index is 0.324. The fraction of sp³-hybridized carbons (Fsp3) is 1.00. The van der Waals surface area contributed by atoms with Gasteiger partial charge in [-0.1, -0.05) is 26.2 Å². The topological polar surface area (TPSA) is 53.7 Å². The van der Waals surface area contributed by atoms with Gasteiger partial charge in [-0.2, -0.15) is 0 Å². The second-order valence-corrected chi connectivity index (χ2v) is 5.69. The minimum Gasteiger partial charge on any atom is -0.379 e. The molecule has 1 rings (SSSR count). The van der Waals surface area contributed by atoms with Gasteiger partial charge in [0.25, 0.3) is 0 Å². The van der Waals surface area contributed by atoms with E-state index in [1.54, 1.807) is 0 Å². The zero-order chi connectivity index (χ0) is 14.5. The van der Waals surface area contributed by atoms with Gasteiger partial charge in [-0.25, -0.2) is 0 Å². The van der Waals surface area contributed by atoms with E-state index in [-0.39, 0.29) is 0 Å². The first kappa shape index (κ1) is 17.9. The summed E-state index contributed by atoms with van der Waals surface area (Å²) in [6, 6.07) is 0.324. The van der Waals surface area contributed by atoms with Crippen molar-refractivity contribution in [3.05, 3.63) is 0 Å². The van der Waals surface area contributed by atoms with Crippen LogP contribution in [0.1, 0.15) is 51.9 Å². The Morgan fingerprint density at radius 1 is 0.900 bits per heavy atom. The van der Waals surface area contributed by atoms with Crippen LogP contribution in [0.15, 0.2) is 0 Å². The summed E-state index contributed by atoms with van der Waals surface area (Å²) >= 11 is 0. The fourth-order valence-corrected chi connectivity index (χ4v) is 2.63. The van der Waals surface area contributed by atoms with Crippen molar-refractivity contribution in [3.63, 3.8) is 0 Å². The number of unbranched alkanes of at least 4 members (excludes halogenated alkanes) is 1. The molecule has 1 aliphatic carbocycles. The van der Waals surface area contributed by atoms with Gasteiger partial charge in [-0.05, 0) is 31.6 Å². The molecule has 1 saturated carbocycles. The number of rotatable bonds is 13. The van der Waals surface area contributed by atoms with Crippen LogP contribution in [-0.2, 0) is 14.2 Å². The van der Waals surface area contributed by atoms with Crippen LogP contribution in [0.5, 0.6) is 0 Å². The predicted octanol–water partition coefficient (Wildman–Crippen LogP) is 2.74. The van der Waals surface area contributed by atoms with Crippen LogP contribution < -0.4 is 5.73 Å². The molecular weight excluding hydrogens is 254 g/mol. The monoisotopic (exact) mass is 287 g/mol. The smallest absolute Gasteiger partial charge is 0.0701 e. The molecule has 1 atom stereocenters. The summed E-state index contributed by atoms with van der Waals surface area (Å²) in [6.45, 7) is 6.42. The Bertz CT molecular complexity index is 208. The lowest BCUT2D eigenvalue weighted by atomic mass is 9.97. The molecule has 0 saturated heterocycles. The zero-order valence-electron chi connectivity index (χ0n) is 13.1. The lowest BCUT2D eigenvalue weighted by Crippen LogP contribution is -2.29. The van der Waals surface area contributed by atoms with Crippen molar-refractivity contribution in [2.45, 2.75) is 57.9 Å². The van der Waals surface area contributed by atoms with Crippen LogP contribution in [-0.4, -0.2) is 45.7 Å². The van der Waals surface area contributed by atoms with Gasteiger partial charge in [0.15, 0.2) is 0 Å². The highest BCUT2D eigenvalue weighted by atomic mass is 16.5. The second-order valence-electron chi connectivity index (χ2n) is 5.69. The average Bonchev–Trinajstić information content (AvgIpc) is 2.99. The van der Waals surface area contributed by atoms with Crippen LogP contribution in [0.2, 0.25) is 0 Å². The first-order valence-corrected chi connectivity index (χ1v) is 8.33. The molecular formula is C16H33NO3. The van der Waals surface area contributed by atoms with Gasteiger partial charge in [0.1, 0.15) is 0 Å². The van der Waals surface area contributed by atoms with Crippen molar-refractivity contribution in [1.82, 2.24) is 0 Å². The standard InChI is InChI=1S/C16H33NO3/c1-2-3-9-18-11-13-20-14-12-19-10-8-16(17)15-6-4-5-7-15/h15-16H,2-14,17H2,1H3. The van der Waals surface area contributed by atoms with E-state index in [4.69, 9.17) is 19.9 Å². The van der Waals surface area contributed by atoms with Crippen molar-refractivity contribution in [1.29, 1.82) is 0 Å². The maximum atomic E-state index is 6.17. The van der Waals surface area contributed by atoms with Crippen molar-refractivity contribution in [2.75, 3.05) is 39.6 Å². The molecule has 0 heterocycles. The van der Waals surface area contributed by atoms with Crippen LogP contribution in [0.3, 0.4) is 0 Å². The molecule has 0 radical (unpaired) electrons. The largest absolute Gasteiger partial charge is 0.379 e. The van der Waals surface area contributed by atoms with Gasteiger partial charge >= 0.3 is 0 Å². The number of hydrogen-bond donors (Lipinski definition) is 1. The van der Waals surface area contributed by atoms with E-state index < -0.39 is 0 Å². The van der Waals surface area contributed by atoms with E-state index >= 15 is 0 Å². The molecule has 0 amide bonds. The van der Waals surface area contributed by atoms with E-state index in [0.29, 0.717) is 32.5 Å². The Hall–Kier alpha value is -0.160. The molecule has 2 N–H and O–H groups in total. The fourth-order valence-electron chi connectivity index (χ4n) is 2.63. The molecule has 120 valence electrons. The molecule has 20 heavy (non-hydrogen) atoms. The quantitative estimate of drug-likeness (QED) is 0.529. The molecule has 1 aliphatic rings. The highest BCUT2D eigenvalue weighted by Gasteiger charge is 2.21. The van der Waals surface area contributed by atoms with Gasteiger partial charge in [0.2, 0.25) is 0 Å². The zero-order valence-corrected chi connectivity index (χ0v) is 13.1. The Labute approximate surface area is 124 Å². The summed E-state index contributed by atoms with van der Waals surface area (Å²) in [5.74, 6) is 0.732. The maximum absolute atomic E-state index is 6.17. The third-order valence-electron chi connectivity index (χ3n) is 3.99. The molecule has 4 heteroatoms. The minimum absolute atomic E-state index is 0.324. The summed E-state index contributed by atoms with van der Waals surface area (Å²) in [7, 11) is 0. The van der Waals surface area contributed by atoms with Crippen molar-refractivity contribution < 1.29 is 14.2 Å². The van der Waals surface area contributed by atoms with Crippen LogP contribution in [0.4, 0.5) is 0 Å². The van der Waals surface area contributed by atoms with E-state index in [1.807, 2.05) is 0 Å². The van der Waals surface area contributed by atoms with Gasteiger partial charge in [0, 0.05) is 19.3 Å². The van der Waals surface area contributed by atoms with Crippen molar-refractivity contribution in [2.24, 2.45) is 11.7 Å². The summed E-state index contributed by atoms with van der Waals surface area (Å²) in [6.07, 6.45) is 8.61. The summed E-state index contributed by atoms with van der Waals surface area (Å²) in [5, 5.41) is 0. The van der Waals surface area contributed by atoms with E-state index in [9.17, 15) is 0 Å². The van der Waals surface area contributed by atoms with Crippen molar-refractivity contribution >= 4 is 0 Å². The number of nitrogens with two attached hydrogens (primary N) is 1.